The minimum Gasteiger partial charge on any atom is -0.496 e. The number of benzene rings is 2. The van der Waals surface area contributed by atoms with Crippen molar-refractivity contribution in [2.75, 3.05) is 14.2 Å². The minimum absolute atomic E-state index is 0.159. The van der Waals surface area contributed by atoms with Gasteiger partial charge in [0.25, 0.3) is 5.91 Å². The van der Waals surface area contributed by atoms with Gasteiger partial charge in [0.05, 0.1) is 25.9 Å². The van der Waals surface area contributed by atoms with Crippen LogP contribution >= 0.6 is 0 Å². The standard InChI is InChI=1S/C21H19FN2O5/c1-28-18-6-4-3-5-15(18)20(26)24-19(25)11-16(17(12-23)21(27)29-2)13-7-9-14(22)10-8-13/h3-10,16-17H,11H2,1-2H3,(H,24,25,26)/t16-,17?/m0/s1. The van der Waals surface area contributed by atoms with Gasteiger partial charge in [0.15, 0.2) is 5.92 Å². The van der Waals surface area contributed by atoms with Crippen LogP contribution < -0.4 is 10.1 Å². The zero-order valence-electron chi connectivity index (χ0n) is 15.8. The highest BCUT2D eigenvalue weighted by Crippen LogP contribution is 2.29. The Balaban J connectivity index is 2.24. The first-order chi connectivity index (χ1) is 13.9. The molecule has 7 nitrogen and oxygen atoms in total. The van der Waals surface area contributed by atoms with Crippen LogP contribution in [0.3, 0.4) is 0 Å². The predicted molar refractivity (Wildman–Crippen MR) is 100 cm³/mol. The molecule has 2 amide bonds. The molecular weight excluding hydrogens is 379 g/mol. The fourth-order valence-corrected chi connectivity index (χ4v) is 2.85. The van der Waals surface area contributed by atoms with Gasteiger partial charge in [-0.15, -0.1) is 0 Å². The van der Waals surface area contributed by atoms with Gasteiger partial charge < -0.3 is 9.47 Å². The van der Waals surface area contributed by atoms with Gasteiger partial charge in [-0.1, -0.05) is 24.3 Å². The molecule has 0 bridgehead atoms. The van der Waals surface area contributed by atoms with E-state index in [0.29, 0.717) is 5.56 Å². The molecule has 2 aromatic carbocycles. The van der Waals surface area contributed by atoms with Crippen molar-refractivity contribution in [1.29, 1.82) is 5.26 Å². The van der Waals surface area contributed by atoms with Crippen LogP contribution in [0, 0.1) is 23.1 Å². The van der Waals surface area contributed by atoms with Crippen LogP contribution in [0.5, 0.6) is 5.75 Å². The average Bonchev–Trinajstić information content (AvgIpc) is 2.73. The maximum atomic E-state index is 13.3. The normalized spacial score (nSPS) is 12.2. The number of halogens is 1. The summed E-state index contributed by atoms with van der Waals surface area (Å²) in [6, 6.07) is 13.3. The van der Waals surface area contributed by atoms with E-state index >= 15 is 0 Å². The Labute approximate surface area is 167 Å². The second-order valence-corrected chi connectivity index (χ2v) is 6.07. The lowest BCUT2D eigenvalue weighted by molar-refractivity contribution is -0.144. The molecule has 0 heterocycles. The molecular formula is C21H19FN2O5. The van der Waals surface area contributed by atoms with E-state index < -0.39 is 35.4 Å². The molecule has 2 rings (SSSR count). The Morgan fingerprint density at radius 1 is 1.10 bits per heavy atom. The Kier molecular flexibility index (Phi) is 7.43. The molecule has 0 fully saturated rings. The first-order valence-corrected chi connectivity index (χ1v) is 8.61. The van der Waals surface area contributed by atoms with E-state index in [1.807, 2.05) is 6.07 Å². The molecule has 0 radical (unpaired) electrons. The number of nitriles is 1. The lowest BCUT2D eigenvalue weighted by Gasteiger charge is -2.20. The van der Waals surface area contributed by atoms with E-state index in [4.69, 9.17) is 4.74 Å². The van der Waals surface area contributed by atoms with E-state index in [1.54, 1.807) is 18.2 Å². The molecule has 0 aromatic heterocycles. The summed E-state index contributed by atoms with van der Waals surface area (Å²) in [5.74, 6) is -4.68. The van der Waals surface area contributed by atoms with Crippen molar-refractivity contribution in [3.05, 3.63) is 65.5 Å². The molecule has 0 saturated heterocycles. The van der Waals surface area contributed by atoms with Gasteiger partial charge in [-0.2, -0.15) is 5.26 Å². The van der Waals surface area contributed by atoms with Crippen LogP contribution in [0.1, 0.15) is 28.3 Å². The van der Waals surface area contributed by atoms with Crippen molar-refractivity contribution in [3.63, 3.8) is 0 Å². The fourth-order valence-electron chi connectivity index (χ4n) is 2.85. The van der Waals surface area contributed by atoms with Crippen molar-refractivity contribution in [2.45, 2.75) is 12.3 Å². The van der Waals surface area contributed by atoms with E-state index in [0.717, 1.165) is 19.2 Å². The summed E-state index contributed by atoms with van der Waals surface area (Å²) in [5.41, 5.74) is 0.551. The van der Waals surface area contributed by atoms with Crippen molar-refractivity contribution in [1.82, 2.24) is 5.32 Å². The van der Waals surface area contributed by atoms with Gasteiger partial charge in [-0.05, 0) is 29.8 Å². The molecule has 150 valence electrons. The number of rotatable bonds is 7. The third-order valence-corrected chi connectivity index (χ3v) is 4.30. The lowest BCUT2D eigenvalue weighted by atomic mass is 9.84. The number of carbonyl (C=O) groups excluding carboxylic acids is 3. The second kappa shape index (κ2) is 9.99. The van der Waals surface area contributed by atoms with Crippen LogP contribution in [0.25, 0.3) is 0 Å². The van der Waals surface area contributed by atoms with Gasteiger partial charge in [0, 0.05) is 12.3 Å². The topological polar surface area (TPSA) is 105 Å². The zero-order valence-corrected chi connectivity index (χ0v) is 15.8. The monoisotopic (exact) mass is 398 g/mol. The summed E-state index contributed by atoms with van der Waals surface area (Å²) in [6.07, 6.45) is -0.361. The summed E-state index contributed by atoms with van der Waals surface area (Å²) >= 11 is 0. The molecule has 0 spiro atoms. The number of nitrogens with one attached hydrogen (secondary N) is 1. The number of nitrogens with zero attached hydrogens (tertiary/aromatic N) is 1. The van der Waals surface area contributed by atoms with E-state index in [2.05, 4.69) is 10.1 Å². The molecule has 0 saturated carbocycles. The molecule has 1 N–H and O–H groups in total. The minimum atomic E-state index is -1.31. The number of methoxy groups -OCH3 is 2. The first-order valence-electron chi connectivity index (χ1n) is 8.61. The van der Waals surface area contributed by atoms with Crippen LogP contribution in [-0.2, 0) is 14.3 Å². The van der Waals surface area contributed by atoms with Gasteiger partial charge in [0.1, 0.15) is 11.6 Å². The highest BCUT2D eigenvalue weighted by atomic mass is 19.1. The van der Waals surface area contributed by atoms with Crippen molar-refractivity contribution in [2.24, 2.45) is 5.92 Å². The summed E-state index contributed by atoms with van der Waals surface area (Å²) < 4.78 is 23.0. The van der Waals surface area contributed by atoms with Gasteiger partial charge in [-0.25, -0.2) is 4.39 Å². The van der Waals surface area contributed by atoms with E-state index in [-0.39, 0.29) is 17.7 Å². The Morgan fingerprint density at radius 3 is 2.34 bits per heavy atom. The Hall–Kier alpha value is -3.73. The third kappa shape index (κ3) is 5.39. The number of ether oxygens (including phenoxy) is 2. The molecule has 8 heteroatoms. The van der Waals surface area contributed by atoms with E-state index in [9.17, 15) is 24.0 Å². The molecule has 0 aliphatic rings. The number of carbonyl (C=O) groups is 3. The molecule has 0 aliphatic heterocycles. The maximum Gasteiger partial charge on any atom is 0.323 e. The number of esters is 1. The summed E-state index contributed by atoms with van der Waals surface area (Å²) in [5, 5.41) is 11.6. The third-order valence-electron chi connectivity index (χ3n) is 4.30. The summed E-state index contributed by atoms with van der Waals surface area (Å²) in [6.45, 7) is 0. The van der Waals surface area contributed by atoms with Crippen LogP contribution in [-0.4, -0.2) is 32.0 Å². The molecule has 29 heavy (non-hydrogen) atoms. The lowest BCUT2D eigenvalue weighted by Crippen LogP contribution is -2.34. The smallest absolute Gasteiger partial charge is 0.323 e. The quantitative estimate of drug-likeness (QED) is 0.719. The SMILES string of the molecule is COC(=O)C(C#N)[C@@H](CC(=O)NC(=O)c1ccccc1OC)c1ccc(F)cc1. The van der Waals surface area contributed by atoms with Gasteiger partial charge >= 0.3 is 5.97 Å². The van der Waals surface area contributed by atoms with Crippen LogP contribution in [0.15, 0.2) is 48.5 Å². The number of amides is 2. The van der Waals surface area contributed by atoms with Crippen LogP contribution in [0.4, 0.5) is 4.39 Å². The fraction of sp³-hybridized carbons (Fsp3) is 0.238. The van der Waals surface area contributed by atoms with Gasteiger partial charge in [0.2, 0.25) is 5.91 Å². The number of hydrogen-bond donors (Lipinski definition) is 1. The van der Waals surface area contributed by atoms with Gasteiger partial charge in [-0.3, -0.25) is 19.7 Å². The average molecular weight is 398 g/mol. The highest BCUT2D eigenvalue weighted by molar-refractivity contribution is 6.06. The maximum absolute atomic E-state index is 13.3. The summed E-state index contributed by atoms with van der Waals surface area (Å²) in [7, 11) is 2.52. The zero-order chi connectivity index (χ0) is 21.4. The molecule has 2 atom stereocenters. The van der Waals surface area contributed by atoms with Crippen molar-refractivity contribution in [3.8, 4) is 11.8 Å². The van der Waals surface area contributed by atoms with Crippen LogP contribution in [0.2, 0.25) is 0 Å². The number of hydrogen-bond acceptors (Lipinski definition) is 6. The first kappa shape index (κ1) is 21.6. The number of para-hydroxylation sites is 1. The second-order valence-electron chi connectivity index (χ2n) is 6.07. The Morgan fingerprint density at radius 2 is 1.76 bits per heavy atom. The predicted octanol–water partition coefficient (Wildman–Crippen LogP) is 2.58. The van der Waals surface area contributed by atoms with Crippen molar-refractivity contribution >= 4 is 17.8 Å². The molecule has 0 aliphatic carbocycles. The van der Waals surface area contributed by atoms with E-state index in [1.165, 1.54) is 25.3 Å². The largest absolute Gasteiger partial charge is 0.496 e. The molecule has 2 aromatic rings. The molecule has 1 unspecified atom stereocenters. The Bertz CT molecular complexity index is 937. The van der Waals surface area contributed by atoms with Crippen molar-refractivity contribution < 1.29 is 28.2 Å². The number of imide groups is 1. The summed E-state index contributed by atoms with van der Waals surface area (Å²) in [4.78, 5) is 36.9. The highest BCUT2D eigenvalue weighted by Gasteiger charge is 2.33.